The Kier molecular flexibility index (Phi) is 9.30. The monoisotopic (exact) mass is 531 g/mol. The van der Waals surface area contributed by atoms with E-state index in [1.807, 2.05) is 24.8 Å². The van der Waals surface area contributed by atoms with Crippen molar-refractivity contribution in [3.63, 3.8) is 0 Å². The van der Waals surface area contributed by atoms with Crippen molar-refractivity contribution in [1.29, 1.82) is 0 Å². The van der Waals surface area contributed by atoms with Gasteiger partial charge in [0.25, 0.3) is 10.0 Å². The number of nitrogens with zero attached hydrogens (tertiary/aromatic N) is 2. The Labute approximate surface area is 207 Å². The number of aryl methyl sites for hydroxylation is 3. The maximum absolute atomic E-state index is 12.9. The summed E-state index contributed by atoms with van der Waals surface area (Å²) in [4.78, 5) is 27.2. The number of benzene rings is 1. The molecule has 9 nitrogen and oxygen atoms in total. The zero-order chi connectivity index (χ0) is 27.3. The van der Waals surface area contributed by atoms with Gasteiger partial charge < -0.3 is 15.1 Å². The van der Waals surface area contributed by atoms with E-state index >= 15 is 0 Å². The van der Waals surface area contributed by atoms with Crippen LogP contribution in [0.15, 0.2) is 29.3 Å². The van der Waals surface area contributed by atoms with Crippen LogP contribution in [0.2, 0.25) is 0 Å². The molecule has 1 aromatic carbocycles. The lowest BCUT2D eigenvalue weighted by Crippen LogP contribution is -2.27. The van der Waals surface area contributed by atoms with Gasteiger partial charge in [-0.05, 0) is 62.4 Å². The predicted octanol–water partition coefficient (Wildman–Crippen LogP) is 4.52. The number of anilines is 2. The zero-order valence-electron chi connectivity index (χ0n) is 20.0. The average Bonchev–Trinajstić information content (AvgIpc) is 3.05. The summed E-state index contributed by atoms with van der Waals surface area (Å²) in [5.41, 5.74) is 2.66. The molecule has 0 aliphatic carbocycles. The fourth-order valence-corrected chi connectivity index (χ4v) is 4.99. The molecule has 0 spiro atoms. The number of hydrogen-bond acceptors (Lipinski definition) is 6. The predicted molar refractivity (Wildman–Crippen MR) is 127 cm³/mol. The minimum absolute atomic E-state index is 0.00362. The third-order valence-electron chi connectivity index (χ3n) is 5.58. The zero-order valence-corrected chi connectivity index (χ0v) is 20.8. The van der Waals surface area contributed by atoms with Gasteiger partial charge >= 0.3 is 18.1 Å². The van der Waals surface area contributed by atoms with Crippen LogP contribution < -0.4 is 9.62 Å². The van der Waals surface area contributed by atoms with E-state index in [1.54, 1.807) is 13.0 Å². The Morgan fingerprint density at radius 3 is 1.97 bits per heavy atom. The molecule has 3 N–H and O–H groups in total. The van der Waals surface area contributed by atoms with Gasteiger partial charge in [-0.2, -0.15) is 13.2 Å². The van der Waals surface area contributed by atoms with Crippen LogP contribution >= 0.6 is 0 Å². The molecular weight excluding hydrogens is 503 g/mol. The van der Waals surface area contributed by atoms with Crippen molar-refractivity contribution in [2.75, 3.05) is 22.7 Å². The van der Waals surface area contributed by atoms with E-state index in [-0.39, 0.29) is 16.1 Å². The Morgan fingerprint density at radius 2 is 1.47 bits per heavy atom. The molecule has 1 fully saturated rings. The second-order valence-corrected chi connectivity index (χ2v) is 10.1. The van der Waals surface area contributed by atoms with Crippen molar-refractivity contribution in [2.24, 2.45) is 0 Å². The number of aliphatic carboxylic acids is 1. The highest BCUT2D eigenvalue weighted by Gasteiger charge is 2.38. The number of halogens is 3. The van der Waals surface area contributed by atoms with E-state index in [1.165, 1.54) is 12.3 Å². The van der Waals surface area contributed by atoms with Crippen LogP contribution in [0, 0.1) is 20.8 Å². The van der Waals surface area contributed by atoms with E-state index in [0.717, 1.165) is 49.9 Å². The van der Waals surface area contributed by atoms with Crippen molar-refractivity contribution in [3.05, 3.63) is 46.6 Å². The van der Waals surface area contributed by atoms with Gasteiger partial charge in [-0.25, -0.2) is 23.0 Å². The van der Waals surface area contributed by atoms with E-state index in [4.69, 9.17) is 9.90 Å². The molecule has 1 aromatic heterocycles. The normalized spacial score (nSPS) is 14.3. The van der Waals surface area contributed by atoms with E-state index in [0.29, 0.717) is 11.4 Å². The van der Waals surface area contributed by atoms with Crippen molar-refractivity contribution in [1.82, 2.24) is 4.98 Å². The number of rotatable bonds is 5. The van der Waals surface area contributed by atoms with Gasteiger partial charge in [0.05, 0.1) is 16.8 Å². The standard InChI is InChI=1S/C21H27N3O4S.C2HF3O2/c1-14-10-16(3)19(11-15(14)2)29(27,28)23-17-12-18(21(25)26)20(22-13-17)24-8-6-4-5-7-9-24;3-2(4,5)1(6)7/h10-13,23H,4-9H2,1-3H3,(H,25,26);(H,6,7). The first-order chi connectivity index (χ1) is 16.6. The summed E-state index contributed by atoms with van der Waals surface area (Å²) in [6.45, 7) is 7.02. The van der Waals surface area contributed by atoms with Crippen molar-refractivity contribution < 1.29 is 41.4 Å². The number of sulfonamides is 1. The lowest BCUT2D eigenvalue weighted by Gasteiger charge is -2.23. The first kappa shape index (κ1) is 28.9. The van der Waals surface area contributed by atoms with Crippen LogP contribution in [-0.4, -0.2) is 54.8 Å². The summed E-state index contributed by atoms with van der Waals surface area (Å²) in [5, 5.41) is 16.8. The Morgan fingerprint density at radius 1 is 0.944 bits per heavy atom. The van der Waals surface area contributed by atoms with Gasteiger partial charge in [0.2, 0.25) is 0 Å². The number of carboxylic acid groups (broad SMARTS) is 2. The van der Waals surface area contributed by atoms with E-state index in [2.05, 4.69) is 9.71 Å². The molecule has 0 radical (unpaired) electrons. The first-order valence-corrected chi connectivity index (χ1v) is 12.5. The Hall–Kier alpha value is -3.35. The number of aromatic nitrogens is 1. The number of pyridine rings is 1. The smallest absolute Gasteiger partial charge is 0.478 e. The molecule has 0 unspecified atom stereocenters. The first-order valence-electron chi connectivity index (χ1n) is 11.0. The maximum Gasteiger partial charge on any atom is 0.490 e. The Bertz CT molecular complexity index is 1220. The number of aromatic carboxylic acids is 1. The summed E-state index contributed by atoms with van der Waals surface area (Å²) < 4.78 is 60.0. The molecule has 2 aromatic rings. The highest BCUT2D eigenvalue weighted by molar-refractivity contribution is 7.92. The summed E-state index contributed by atoms with van der Waals surface area (Å²) in [6.07, 6.45) is 0.515. The Balaban J connectivity index is 0.000000572. The van der Waals surface area contributed by atoms with E-state index < -0.39 is 28.1 Å². The number of alkyl halides is 3. The van der Waals surface area contributed by atoms with Gasteiger partial charge in [-0.1, -0.05) is 18.9 Å². The van der Waals surface area contributed by atoms with Gasteiger partial charge in [-0.3, -0.25) is 4.72 Å². The van der Waals surface area contributed by atoms with E-state index in [9.17, 15) is 31.5 Å². The summed E-state index contributed by atoms with van der Waals surface area (Å²) in [6, 6.07) is 4.81. The van der Waals surface area contributed by atoms with Gasteiger partial charge in [0, 0.05) is 13.1 Å². The van der Waals surface area contributed by atoms with Crippen molar-refractivity contribution in [3.8, 4) is 0 Å². The minimum atomic E-state index is -5.08. The van der Waals surface area contributed by atoms with Crippen LogP contribution in [0.25, 0.3) is 0 Å². The van der Waals surface area contributed by atoms with Crippen LogP contribution in [0.3, 0.4) is 0 Å². The number of hydrogen-bond donors (Lipinski definition) is 3. The lowest BCUT2D eigenvalue weighted by atomic mass is 10.1. The molecule has 0 amide bonds. The van der Waals surface area contributed by atoms with Crippen LogP contribution in [-0.2, 0) is 14.8 Å². The molecule has 0 bridgehead atoms. The van der Waals surface area contributed by atoms with Gasteiger partial charge in [0.1, 0.15) is 11.4 Å². The quantitative estimate of drug-likeness (QED) is 0.512. The fraction of sp³-hybridized carbons (Fsp3) is 0.435. The van der Waals surface area contributed by atoms with Gasteiger partial charge in [-0.15, -0.1) is 0 Å². The molecule has 36 heavy (non-hydrogen) atoms. The van der Waals surface area contributed by atoms with Crippen molar-refractivity contribution >= 4 is 33.5 Å². The molecule has 1 saturated heterocycles. The van der Waals surface area contributed by atoms with Gasteiger partial charge in [0.15, 0.2) is 0 Å². The van der Waals surface area contributed by atoms with Crippen molar-refractivity contribution in [2.45, 2.75) is 57.5 Å². The third-order valence-corrected chi connectivity index (χ3v) is 7.10. The highest BCUT2D eigenvalue weighted by Crippen LogP contribution is 2.27. The molecule has 13 heteroatoms. The second-order valence-electron chi connectivity index (χ2n) is 8.41. The SMILES string of the molecule is Cc1cc(C)c(S(=O)(=O)Nc2cnc(N3CCCCCC3)c(C(=O)O)c2)cc1C.O=C(O)C(F)(F)F. The molecule has 1 aliphatic rings. The number of nitrogens with one attached hydrogen (secondary N) is 1. The summed E-state index contributed by atoms with van der Waals surface area (Å²) in [5.74, 6) is -3.49. The number of carboxylic acids is 2. The molecule has 3 rings (SSSR count). The second kappa shape index (κ2) is 11.6. The lowest BCUT2D eigenvalue weighted by molar-refractivity contribution is -0.192. The fourth-order valence-electron chi connectivity index (χ4n) is 3.64. The summed E-state index contributed by atoms with van der Waals surface area (Å²) in [7, 11) is -3.87. The topological polar surface area (TPSA) is 137 Å². The molecule has 198 valence electrons. The summed E-state index contributed by atoms with van der Waals surface area (Å²) >= 11 is 0. The molecule has 0 saturated carbocycles. The minimum Gasteiger partial charge on any atom is -0.478 e. The average molecular weight is 532 g/mol. The highest BCUT2D eigenvalue weighted by atomic mass is 32.2. The molecule has 1 aliphatic heterocycles. The maximum atomic E-state index is 12.9. The largest absolute Gasteiger partial charge is 0.490 e. The van der Waals surface area contributed by atoms with Crippen LogP contribution in [0.4, 0.5) is 24.7 Å². The third kappa shape index (κ3) is 7.57. The molecule has 0 atom stereocenters. The molecule has 2 heterocycles. The number of carbonyl (C=O) groups is 2. The molecular formula is C23H28F3N3O6S. The van der Waals surface area contributed by atoms with Crippen LogP contribution in [0.5, 0.6) is 0 Å². The van der Waals surface area contributed by atoms with Crippen LogP contribution in [0.1, 0.15) is 52.7 Å².